The third kappa shape index (κ3) is 9.64. The topological polar surface area (TPSA) is 22.9 Å². The summed E-state index contributed by atoms with van der Waals surface area (Å²) in [6.07, 6.45) is 2.76. The molecule has 2 aromatic rings. The Labute approximate surface area is 196 Å². The van der Waals surface area contributed by atoms with Crippen LogP contribution in [-0.2, 0) is 11.3 Å². The molecule has 0 saturated carbocycles. The summed E-state index contributed by atoms with van der Waals surface area (Å²) in [4.78, 5) is 1.42. The standard InChI is InChI=1S/C27H41NO2.ClH/c1-21(2)16-17-27(19-22(3)4,30-26-14-9-8-10-15-26)29-23(5)25-13-11-12-24(18-25)20-28(6)7;/h8-15,18,21-23H,16-17,19-20H2,1-7H3;1H. The molecule has 1 N–H and O–H groups in total. The molecule has 31 heavy (non-hydrogen) atoms. The Morgan fingerprint density at radius 3 is 2.13 bits per heavy atom. The van der Waals surface area contributed by atoms with Gasteiger partial charge in [0.05, 0.1) is 20.2 Å². The summed E-state index contributed by atoms with van der Waals surface area (Å²) < 4.78 is 13.4. The molecule has 0 aliphatic rings. The van der Waals surface area contributed by atoms with Crippen LogP contribution in [0.25, 0.3) is 0 Å². The number of benzene rings is 2. The van der Waals surface area contributed by atoms with Gasteiger partial charge in [-0.1, -0.05) is 64.1 Å². The number of hydrogen-bond acceptors (Lipinski definition) is 2. The summed E-state index contributed by atoms with van der Waals surface area (Å²) in [7, 11) is 4.36. The van der Waals surface area contributed by atoms with Crippen molar-refractivity contribution in [1.29, 1.82) is 0 Å². The average Bonchev–Trinajstić information content (AvgIpc) is 2.66. The van der Waals surface area contributed by atoms with Crippen molar-refractivity contribution in [3.63, 3.8) is 0 Å². The van der Waals surface area contributed by atoms with Gasteiger partial charge in [0, 0.05) is 18.4 Å². The summed E-state index contributed by atoms with van der Waals surface area (Å²) in [5.74, 6) is 1.30. The molecule has 2 atom stereocenters. The smallest absolute Gasteiger partial charge is 0.211 e. The number of quaternary nitrogens is 1. The lowest BCUT2D eigenvalue weighted by Crippen LogP contribution is -3.04. The third-order valence-electron chi connectivity index (χ3n) is 5.24. The molecule has 174 valence electrons. The lowest BCUT2D eigenvalue weighted by Gasteiger charge is -2.38. The molecule has 0 aromatic heterocycles. The molecule has 0 saturated heterocycles. The molecule has 3 nitrogen and oxygen atoms in total. The molecule has 2 unspecified atom stereocenters. The lowest BCUT2D eigenvalue weighted by atomic mass is 9.94. The van der Waals surface area contributed by atoms with Crippen LogP contribution in [0.4, 0.5) is 0 Å². The highest BCUT2D eigenvalue weighted by Gasteiger charge is 2.36. The maximum Gasteiger partial charge on any atom is 0.211 e. The van der Waals surface area contributed by atoms with Crippen molar-refractivity contribution < 1.29 is 26.8 Å². The number of nitrogens with one attached hydrogen (secondary N) is 1. The maximum atomic E-state index is 6.82. The summed E-state index contributed by atoms with van der Waals surface area (Å²) in [6, 6.07) is 18.9. The molecule has 0 aliphatic carbocycles. The largest absolute Gasteiger partial charge is 1.00 e. The van der Waals surface area contributed by atoms with Crippen molar-refractivity contribution in [1.82, 2.24) is 0 Å². The second-order valence-electron chi connectivity index (χ2n) is 9.75. The minimum absolute atomic E-state index is 0. The molecule has 0 amide bonds. The van der Waals surface area contributed by atoms with Gasteiger partial charge in [-0.2, -0.15) is 0 Å². The van der Waals surface area contributed by atoms with E-state index >= 15 is 0 Å². The maximum absolute atomic E-state index is 6.82. The predicted octanol–water partition coefficient (Wildman–Crippen LogP) is 2.67. The van der Waals surface area contributed by atoms with Gasteiger partial charge in [-0.05, 0) is 48.9 Å². The van der Waals surface area contributed by atoms with Crippen LogP contribution in [0.3, 0.4) is 0 Å². The normalized spacial score (nSPS) is 14.4. The molecule has 0 spiro atoms. The Morgan fingerprint density at radius 2 is 1.55 bits per heavy atom. The highest BCUT2D eigenvalue weighted by molar-refractivity contribution is 5.25. The van der Waals surface area contributed by atoms with Crippen molar-refractivity contribution in [3.05, 3.63) is 65.7 Å². The monoisotopic (exact) mass is 447 g/mol. The Bertz CT molecular complexity index is 748. The Kier molecular flexibility index (Phi) is 11.6. The first-order chi connectivity index (χ1) is 14.2. The minimum atomic E-state index is -0.637. The summed E-state index contributed by atoms with van der Waals surface area (Å²) in [5.41, 5.74) is 2.55. The van der Waals surface area contributed by atoms with Crippen molar-refractivity contribution in [2.75, 3.05) is 14.1 Å². The molecule has 0 bridgehead atoms. The summed E-state index contributed by atoms with van der Waals surface area (Å²) in [5, 5.41) is 0. The molecular formula is C27H42ClNO2. The van der Waals surface area contributed by atoms with Gasteiger partial charge in [-0.15, -0.1) is 0 Å². The fourth-order valence-corrected chi connectivity index (χ4v) is 3.91. The lowest BCUT2D eigenvalue weighted by molar-refractivity contribution is -0.872. The van der Waals surface area contributed by atoms with Crippen LogP contribution >= 0.6 is 0 Å². The molecule has 0 heterocycles. The number of ether oxygens (including phenoxy) is 2. The second-order valence-corrected chi connectivity index (χ2v) is 9.75. The molecule has 0 radical (unpaired) electrons. The van der Waals surface area contributed by atoms with Gasteiger partial charge in [0.15, 0.2) is 0 Å². The highest BCUT2D eigenvalue weighted by Crippen LogP contribution is 2.36. The fourth-order valence-electron chi connectivity index (χ4n) is 3.91. The molecular weight excluding hydrogens is 406 g/mol. The number of para-hydroxylation sites is 1. The van der Waals surface area contributed by atoms with Gasteiger partial charge >= 0.3 is 0 Å². The number of rotatable bonds is 12. The zero-order valence-corrected chi connectivity index (χ0v) is 21.2. The molecule has 2 aromatic carbocycles. The van der Waals surface area contributed by atoms with Crippen molar-refractivity contribution in [3.8, 4) is 5.75 Å². The Hall–Kier alpha value is -1.55. The van der Waals surface area contributed by atoms with Crippen LogP contribution in [0.5, 0.6) is 5.75 Å². The van der Waals surface area contributed by atoms with Gasteiger partial charge in [0.25, 0.3) is 0 Å². The highest BCUT2D eigenvalue weighted by atomic mass is 35.5. The zero-order valence-electron chi connectivity index (χ0n) is 20.5. The minimum Gasteiger partial charge on any atom is -1.00 e. The van der Waals surface area contributed by atoms with E-state index in [0.717, 1.165) is 31.6 Å². The quantitative estimate of drug-likeness (QED) is 0.505. The second kappa shape index (κ2) is 13.1. The zero-order chi connectivity index (χ0) is 22.1. The van der Waals surface area contributed by atoms with Gasteiger partial charge in [0.1, 0.15) is 12.3 Å². The van der Waals surface area contributed by atoms with Gasteiger partial charge in [-0.25, -0.2) is 0 Å². The van der Waals surface area contributed by atoms with E-state index in [1.54, 1.807) is 0 Å². The van der Waals surface area contributed by atoms with Crippen LogP contribution < -0.4 is 22.0 Å². The van der Waals surface area contributed by atoms with Crippen molar-refractivity contribution in [2.24, 2.45) is 11.8 Å². The average molecular weight is 448 g/mol. The van der Waals surface area contributed by atoms with E-state index in [4.69, 9.17) is 9.47 Å². The van der Waals surface area contributed by atoms with E-state index in [-0.39, 0.29) is 18.5 Å². The SMILES string of the molecule is CC(C)CCC(CC(C)C)(Oc1ccccc1)OC(C)c1cccc(C[NH+](C)C)c1.[Cl-]. The fraction of sp³-hybridized carbons (Fsp3) is 0.556. The Morgan fingerprint density at radius 1 is 0.871 bits per heavy atom. The predicted molar refractivity (Wildman–Crippen MR) is 126 cm³/mol. The van der Waals surface area contributed by atoms with E-state index in [9.17, 15) is 0 Å². The first-order valence-corrected chi connectivity index (χ1v) is 11.5. The van der Waals surface area contributed by atoms with Crippen LogP contribution in [-0.4, -0.2) is 19.9 Å². The van der Waals surface area contributed by atoms with Crippen molar-refractivity contribution >= 4 is 0 Å². The molecule has 0 aliphatic heterocycles. The first-order valence-electron chi connectivity index (χ1n) is 11.5. The van der Waals surface area contributed by atoms with Crippen LogP contribution in [0.2, 0.25) is 0 Å². The van der Waals surface area contributed by atoms with Crippen LogP contribution in [0.15, 0.2) is 54.6 Å². The van der Waals surface area contributed by atoms with E-state index in [2.05, 4.69) is 73.0 Å². The van der Waals surface area contributed by atoms with Gasteiger partial charge < -0.3 is 26.8 Å². The van der Waals surface area contributed by atoms with E-state index < -0.39 is 5.79 Å². The summed E-state index contributed by atoms with van der Waals surface area (Å²) >= 11 is 0. The molecule has 0 fully saturated rings. The van der Waals surface area contributed by atoms with Crippen molar-refractivity contribution in [2.45, 2.75) is 72.3 Å². The third-order valence-corrected chi connectivity index (χ3v) is 5.24. The van der Waals surface area contributed by atoms with Crippen LogP contribution in [0.1, 0.15) is 71.1 Å². The Balaban J connectivity index is 0.00000480. The number of halogens is 1. The molecule has 4 heteroatoms. The number of hydrogen-bond donors (Lipinski definition) is 1. The van der Waals surface area contributed by atoms with E-state index in [1.807, 2.05) is 30.3 Å². The molecule has 2 rings (SSSR count). The van der Waals surface area contributed by atoms with E-state index in [0.29, 0.717) is 11.8 Å². The van der Waals surface area contributed by atoms with E-state index in [1.165, 1.54) is 16.0 Å². The van der Waals surface area contributed by atoms with Gasteiger partial charge in [-0.3, -0.25) is 0 Å². The van der Waals surface area contributed by atoms with Gasteiger partial charge in [0.2, 0.25) is 5.79 Å². The summed E-state index contributed by atoms with van der Waals surface area (Å²) in [6.45, 7) is 12.2. The first kappa shape index (κ1) is 27.5. The van der Waals surface area contributed by atoms with Crippen LogP contribution in [0, 0.1) is 11.8 Å².